The van der Waals surface area contributed by atoms with Crippen LogP contribution in [0.1, 0.15) is 0 Å². The lowest BCUT2D eigenvalue weighted by Crippen LogP contribution is -2.74. The predicted octanol–water partition coefficient (Wildman–Crippen LogP) is 15.0. The predicted molar refractivity (Wildman–Crippen MR) is 413 cm³/mol. The summed E-state index contributed by atoms with van der Waals surface area (Å²) in [6, 6.07) is 147. The number of para-hydroxylation sites is 2. The third-order valence-corrected chi connectivity index (χ3v) is 30.0. The Balaban J connectivity index is 0.976. The number of benzene rings is 15. The normalized spacial score (nSPS) is 12.5. The first-order valence-electron chi connectivity index (χ1n) is 33.3. The first-order valence-corrected chi connectivity index (χ1v) is 37.3. The van der Waals surface area contributed by atoms with Gasteiger partial charge in [0.1, 0.15) is 0 Å². The lowest BCUT2D eigenvalue weighted by Gasteiger charge is -2.45. The van der Waals surface area contributed by atoms with Crippen molar-refractivity contribution in [3.63, 3.8) is 0 Å². The summed E-state index contributed by atoms with van der Waals surface area (Å²) in [5.74, 6) is 0. The third-order valence-electron chi connectivity index (χ3n) is 20.4. The highest BCUT2D eigenvalue weighted by Gasteiger charge is 2.47. The zero-order chi connectivity index (χ0) is 63.6. The van der Waals surface area contributed by atoms with Gasteiger partial charge in [-0.05, 0) is 141 Å². The van der Waals surface area contributed by atoms with Gasteiger partial charge in [0, 0.05) is 44.9 Å². The maximum absolute atomic E-state index is 3.04. The summed E-state index contributed by atoms with van der Waals surface area (Å²) in [5, 5.41) is 13.0. The summed E-state index contributed by atoms with van der Waals surface area (Å²) in [5.41, 5.74) is 18.6. The molecule has 2 aliphatic rings. The van der Waals surface area contributed by atoms with Crippen LogP contribution in [0.15, 0.2) is 388 Å². The van der Waals surface area contributed by atoms with Crippen LogP contribution in [0.4, 0.5) is 34.1 Å². The van der Waals surface area contributed by atoms with Crippen molar-refractivity contribution in [2.75, 3.05) is 9.80 Å². The van der Waals surface area contributed by atoms with Crippen LogP contribution in [0, 0.1) is 0 Å². The van der Waals surface area contributed by atoms with Gasteiger partial charge in [0.2, 0.25) is 0 Å². The Morgan fingerprint density at radius 1 is 0.208 bits per heavy atom. The summed E-state index contributed by atoms with van der Waals surface area (Å²) < 4.78 is 2.53. The number of nitrogens with zero attached hydrogens (tertiary/aromatic N) is 3. The average Bonchev–Trinajstić information content (AvgIpc) is 0.973. The van der Waals surface area contributed by atoms with Crippen molar-refractivity contribution in [2.24, 2.45) is 0 Å². The van der Waals surface area contributed by atoms with Crippen LogP contribution >= 0.6 is 0 Å². The summed E-state index contributed by atoms with van der Waals surface area (Å²) in [4.78, 5) is 5.29. The molecular weight excluding hydrogens is 1190 g/mol. The quantitative estimate of drug-likeness (QED) is 0.0842. The van der Waals surface area contributed by atoms with Crippen molar-refractivity contribution in [1.82, 2.24) is 4.57 Å². The number of hydrogen-bond acceptors (Lipinski definition) is 2. The van der Waals surface area contributed by atoms with Crippen molar-refractivity contribution in [1.29, 1.82) is 0 Å². The van der Waals surface area contributed by atoms with E-state index in [2.05, 4.69) is 403 Å². The van der Waals surface area contributed by atoms with Gasteiger partial charge in [-0.15, -0.1) is 0 Å². The van der Waals surface area contributed by atoms with E-state index in [1.165, 1.54) is 79.8 Å². The molecule has 450 valence electrons. The van der Waals surface area contributed by atoms with E-state index in [0.29, 0.717) is 0 Å². The van der Waals surface area contributed by atoms with Gasteiger partial charge in [-0.3, -0.25) is 0 Å². The molecule has 18 rings (SSSR count). The molecule has 0 N–H and O–H groups in total. The molecule has 0 spiro atoms. The monoisotopic (exact) mass is 1250 g/mol. The molecule has 16 aromatic rings. The van der Waals surface area contributed by atoms with Gasteiger partial charge in [-0.2, -0.15) is 0 Å². The minimum atomic E-state index is -3.04. The van der Waals surface area contributed by atoms with E-state index in [9.17, 15) is 0 Å². The Morgan fingerprint density at radius 3 is 0.854 bits per heavy atom. The Hall–Kier alpha value is -11.8. The van der Waals surface area contributed by atoms with E-state index < -0.39 is 16.1 Å². The molecule has 0 aliphatic carbocycles. The lowest BCUT2D eigenvalue weighted by molar-refractivity contribution is 1.16. The summed E-state index contributed by atoms with van der Waals surface area (Å²) in [7, 11) is -6.09. The van der Waals surface area contributed by atoms with Crippen LogP contribution in [0.5, 0.6) is 0 Å². The number of fused-ring (bicyclic) bond motifs is 7. The zero-order valence-corrected chi connectivity index (χ0v) is 54.9. The Morgan fingerprint density at radius 2 is 0.510 bits per heavy atom. The van der Waals surface area contributed by atoms with Gasteiger partial charge in [0.15, 0.2) is 16.1 Å². The van der Waals surface area contributed by atoms with Gasteiger partial charge in [-0.1, -0.05) is 328 Å². The highest BCUT2D eigenvalue weighted by Crippen LogP contribution is 2.48. The largest absolute Gasteiger partial charge is 0.311 e. The van der Waals surface area contributed by atoms with E-state index in [4.69, 9.17) is 0 Å². The molecule has 0 amide bonds. The molecule has 0 radical (unpaired) electrons. The number of anilines is 6. The van der Waals surface area contributed by atoms with Crippen LogP contribution in [0.25, 0.3) is 49.7 Å². The second-order valence-electron chi connectivity index (χ2n) is 25.4. The minimum absolute atomic E-state index is 0.168. The molecule has 0 saturated carbocycles. The van der Waals surface area contributed by atoms with Crippen molar-refractivity contribution in [3.8, 4) is 27.9 Å². The van der Waals surface area contributed by atoms with Crippen LogP contribution in [-0.2, 0) is 0 Å². The fraction of sp³-hybridized carbons (Fsp3) is 0. The minimum Gasteiger partial charge on any atom is -0.311 e. The molecule has 0 saturated heterocycles. The van der Waals surface area contributed by atoms with Gasteiger partial charge in [0.25, 0.3) is 6.71 Å². The average molecular weight is 1250 g/mol. The molecule has 2 aliphatic heterocycles. The molecule has 0 unspecified atom stereocenters. The maximum atomic E-state index is 2.65. The highest BCUT2D eigenvalue weighted by atomic mass is 28.3. The molecule has 6 heteroatoms. The molecule has 15 aromatic carbocycles. The Labute approximate surface area is 563 Å². The summed E-state index contributed by atoms with van der Waals surface area (Å²) in [6.45, 7) is -0.168. The second kappa shape index (κ2) is 23.6. The van der Waals surface area contributed by atoms with Crippen molar-refractivity contribution >= 4 is 137 Å². The lowest BCUT2D eigenvalue weighted by atomic mass is 9.33. The van der Waals surface area contributed by atoms with Crippen molar-refractivity contribution in [3.05, 3.63) is 388 Å². The molecule has 96 heavy (non-hydrogen) atoms. The Bertz CT molecular complexity index is 5010. The van der Waals surface area contributed by atoms with Gasteiger partial charge < -0.3 is 14.4 Å². The van der Waals surface area contributed by atoms with E-state index in [-0.39, 0.29) is 6.71 Å². The fourth-order valence-electron chi connectivity index (χ4n) is 16.4. The van der Waals surface area contributed by atoms with E-state index >= 15 is 0 Å². The Kier molecular flexibility index (Phi) is 14.0. The van der Waals surface area contributed by atoms with E-state index in [1.807, 2.05) is 0 Å². The summed E-state index contributed by atoms with van der Waals surface area (Å²) >= 11 is 0. The third kappa shape index (κ3) is 9.09. The number of hydrogen-bond donors (Lipinski definition) is 0. The topological polar surface area (TPSA) is 11.4 Å². The molecular formula is C90H64BN3Si2. The molecule has 0 bridgehead atoms. The van der Waals surface area contributed by atoms with Gasteiger partial charge in [0.05, 0.1) is 16.7 Å². The SMILES string of the molecule is c1ccc(-c2ccc3c(c2)N(c2cccc([Si](c4ccccc4)(c4ccccc4)c4ccccc4)c2)c2cc(-n4c5ccccc5c5ccccc54)cc4c2B3c2ccc(-c3ccccc3)cc2N4c2cccc([Si](c3ccccc3)(c3ccccc3)c3ccccc3)c2)cc1. The second-order valence-corrected chi connectivity index (χ2v) is 33.1. The van der Waals surface area contributed by atoms with Crippen molar-refractivity contribution < 1.29 is 0 Å². The van der Waals surface area contributed by atoms with Crippen molar-refractivity contribution in [2.45, 2.75) is 0 Å². The van der Waals surface area contributed by atoms with Gasteiger partial charge in [-0.25, -0.2) is 0 Å². The first-order chi connectivity index (χ1) is 47.6. The van der Waals surface area contributed by atoms with E-state index in [0.717, 1.165) is 62.0 Å². The first kappa shape index (κ1) is 56.9. The molecule has 3 heterocycles. The van der Waals surface area contributed by atoms with Gasteiger partial charge >= 0.3 is 0 Å². The fourth-order valence-corrected chi connectivity index (χ4v) is 25.9. The van der Waals surface area contributed by atoms with Crippen LogP contribution in [0.2, 0.25) is 0 Å². The molecule has 0 atom stereocenters. The number of aromatic nitrogens is 1. The van der Waals surface area contributed by atoms with Crippen LogP contribution in [-0.4, -0.2) is 27.4 Å². The smallest absolute Gasteiger partial charge is 0.252 e. The van der Waals surface area contributed by atoms with Crippen LogP contribution in [0.3, 0.4) is 0 Å². The standard InChI is InChI=1S/C90H64BN3Si2/c1-9-31-65(32-10-1)67-55-57-82-86(59-67)92(69-35-29-49-78(61-69)95(72-37-13-3-14-38-72,73-39-15-4-16-40-73)74-41-17-5-18-42-74)88-63-71(94-84-53-27-25-51-80(84)81-52-26-28-54-85(81)94)64-89-90(88)91(82)83-58-56-68(66-33-11-2-12-34-66)60-87(83)93(89)70-36-30-50-79(62-70)96(75-43-19-6-20-44-75,76-45-21-7-22-46-76)77-47-23-8-24-48-77/h1-64H. The number of rotatable bonds is 13. The van der Waals surface area contributed by atoms with E-state index in [1.54, 1.807) is 0 Å². The van der Waals surface area contributed by atoms with Crippen LogP contribution < -0.4 is 67.7 Å². The molecule has 0 fully saturated rings. The molecule has 3 nitrogen and oxygen atoms in total. The summed E-state index contributed by atoms with van der Waals surface area (Å²) in [6.07, 6.45) is 0. The highest BCUT2D eigenvalue weighted by molar-refractivity contribution is 7.20. The zero-order valence-electron chi connectivity index (χ0n) is 52.9. The molecule has 1 aromatic heterocycles. The maximum Gasteiger partial charge on any atom is 0.252 e.